The molecule has 1 heterocycles. The third-order valence-corrected chi connectivity index (χ3v) is 3.46. The molecule has 2 aromatic carbocycles. The Bertz CT molecular complexity index is 662. The third-order valence-electron chi connectivity index (χ3n) is 3.46. The number of esters is 1. The van der Waals surface area contributed by atoms with Crippen LogP contribution in [0.3, 0.4) is 0 Å². The fourth-order valence-corrected chi connectivity index (χ4v) is 2.36. The topological polar surface area (TPSA) is 35.5 Å². The second-order valence-electron chi connectivity index (χ2n) is 5.46. The van der Waals surface area contributed by atoms with E-state index in [2.05, 4.69) is 6.58 Å². The third kappa shape index (κ3) is 4.71. The van der Waals surface area contributed by atoms with Crippen molar-refractivity contribution in [3.63, 3.8) is 0 Å². The van der Waals surface area contributed by atoms with Crippen LogP contribution in [0.4, 0.5) is 0 Å². The van der Waals surface area contributed by atoms with E-state index >= 15 is 0 Å². The number of rotatable bonds is 3. The van der Waals surface area contributed by atoms with Gasteiger partial charge in [-0.15, -0.1) is 6.58 Å². The molecule has 1 unspecified atom stereocenters. The predicted molar refractivity (Wildman–Crippen MR) is 91.8 cm³/mol. The summed E-state index contributed by atoms with van der Waals surface area (Å²) in [4.78, 5) is 11.4. The first-order valence-electron chi connectivity index (χ1n) is 7.72. The number of hydrogen-bond donors (Lipinski definition) is 0. The maximum absolute atomic E-state index is 11.4. The van der Waals surface area contributed by atoms with Crippen LogP contribution in [0, 0.1) is 0 Å². The van der Waals surface area contributed by atoms with Crippen LogP contribution in [0.2, 0.25) is 0 Å². The Balaban J connectivity index is 0.000000595. The van der Waals surface area contributed by atoms with Crippen LogP contribution < -0.4 is 9.47 Å². The van der Waals surface area contributed by atoms with E-state index in [0.717, 1.165) is 16.9 Å². The molecule has 0 fully saturated rings. The Morgan fingerprint density at radius 1 is 1.26 bits per heavy atom. The van der Waals surface area contributed by atoms with Crippen molar-refractivity contribution in [3.8, 4) is 11.5 Å². The largest absolute Gasteiger partial charge is 0.489 e. The molecule has 0 N–H and O–H groups in total. The summed E-state index contributed by atoms with van der Waals surface area (Å²) in [6.45, 7) is 7.81. The lowest BCUT2D eigenvalue weighted by molar-refractivity contribution is -0.135. The molecule has 1 atom stereocenters. The van der Waals surface area contributed by atoms with Gasteiger partial charge < -0.3 is 9.47 Å². The van der Waals surface area contributed by atoms with Crippen LogP contribution in [0.5, 0.6) is 11.5 Å². The summed E-state index contributed by atoms with van der Waals surface area (Å²) in [7, 11) is 0. The van der Waals surface area contributed by atoms with Crippen molar-refractivity contribution in [2.75, 3.05) is 0 Å². The van der Waals surface area contributed by atoms with Crippen molar-refractivity contribution in [1.82, 2.24) is 0 Å². The van der Waals surface area contributed by atoms with Crippen molar-refractivity contribution in [1.29, 1.82) is 0 Å². The molecule has 3 nitrogen and oxygen atoms in total. The molecule has 23 heavy (non-hydrogen) atoms. The molecule has 1 aliphatic heterocycles. The number of ether oxygens (including phenoxy) is 2. The molecule has 3 heteroatoms. The molecule has 0 bridgehead atoms. The van der Waals surface area contributed by atoms with Crippen LogP contribution in [0.1, 0.15) is 37.3 Å². The second-order valence-corrected chi connectivity index (χ2v) is 5.46. The highest BCUT2D eigenvalue weighted by Gasteiger charge is 2.24. The van der Waals surface area contributed by atoms with Crippen molar-refractivity contribution in [2.45, 2.75) is 32.8 Å². The summed E-state index contributed by atoms with van der Waals surface area (Å²) >= 11 is 0. The van der Waals surface area contributed by atoms with E-state index in [-0.39, 0.29) is 11.9 Å². The Morgan fingerprint density at radius 2 is 1.96 bits per heavy atom. The minimum Gasteiger partial charge on any atom is -0.489 e. The molecule has 1 aliphatic rings. The van der Waals surface area contributed by atoms with Gasteiger partial charge in [-0.25, -0.2) is 0 Å². The minimum atomic E-state index is -0.164. The maximum Gasteiger partial charge on any atom is 0.311 e. The Kier molecular flexibility index (Phi) is 5.98. The van der Waals surface area contributed by atoms with E-state index in [0.29, 0.717) is 18.8 Å². The molecule has 0 aliphatic carbocycles. The van der Waals surface area contributed by atoms with Gasteiger partial charge in [0.05, 0.1) is 6.42 Å². The normalized spacial score (nSPS) is 15.6. The molecular formula is C20H22O3. The summed E-state index contributed by atoms with van der Waals surface area (Å²) in [5.41, 5.74) is 2.17. The predicted octanol–water partition coefficient (Wildman–Crippen LogP) is 4.87. The molecule has 0 saturated heterocycles. The fraction of sp³-hybridized carbons (Fsp3) is 0.250. The fourth-order valence-electron chi connectivity index (χ4n) is 2.36. The zero-order valence-corrected chi connectivity index (χ0v) is 13.6. The van der Waals surface area contributed by atoms with Crippen molar-refractivity contribution in [3.05, 3.63) is 72.3 Å². The van der Waals surface area contributed by atoms with Crippen molar-refractivity contribution >= 4 is 5.97 Å². The van der Waals surface area contributed by atoms with E-state index in [1.165, 1.54) is 0 Å². The van der Waals surface area contributed by atoms with Crippen LogP contribution in [0.15, 0.2) is 61.2 Å². The molecule has 2 aromatic rings. The van der Waals surface area contributed by atoms with Crippen LogP contribution in [-0.2, 0) is 11.4 Å². The van der Waals surface area contributed by atoms with Gasteiger partial charge in [0.15, 0.2) is 0 Å². The first-order valence-corrected chi connectivity index (χ1v) is 7.72. The first kappa shape index (κ1) is 16.8. The SMILES string of the molecule is C=CC.CC1CC(=O)Oc2ccc(OCc3ccccc3)cc21. The molecule has 120 valence electrons. The smallest absolute Gasteiger partial charge is 0.311 e. The quantitative estimate of drug-likeness (QED) is 0.461. The van der Waals surface area contributed by atoms with Gasteiger partial charge in [0.25, 0.3) is 0 Å². The van der Waals surface area contributed by atoms with Gasteiger partial charge in [-0.1, -0.05) is 43.3 Å². The lowest BCUT2D eigenvalue weighted by atomic mass is 9.94. The van der Waals surface area contributed by atoms with Gasteiger partial charge in [0.2, 0.25) is 0 Å². The van der Waals surface area contributed by atoms with Crippen LogP contribution >= 0.6 is 0 Å². The highest BCUT2D eigenvalue weighted by atomic mass is 16.5. The summed E-state index contributed by atoms with van der Waals surface area (Å²) < 4.78 is 11.0. The maximum atomic E-state index is 11.4. The first-order chi connectivity index (χ1) is 11.1. The number of carbonyl (C=O) groups is 1. The number of carbonyl (C=O) groups excluding carboxylic acids is 1. The van der Waals surface area contributed by atoms with Gasteiger partial charge in [-0.2, -0.15) is 0 Å². The summed E-state index contributed by atoms with van der Waals surface area (Å²) in [5.74, 6) is 1.47. The molecule has 0 saturated carbocycles. The molecule has 3 rings (SSSR count). The van der Waals surface area contributed by atoms with Gasteiger partial charge in [-0.3, -0.25) is 4.79 Å². The van der Waals surface area contributed by atoms with E-state index < -0.39 is 0 Å². The average molecular weight is 310 g/mol. The standard InChI is InChI=1S/C17H16O3.C3H6/c1-12-9-17(18)20-16-8-7-14(10-15(12)16)19-11-13-5-3-2-4-6-13;1-3-2/h2-8,10,12H,9,11H2,1H3;3H,1H2,2H3. The van der Waals surface area contributed by atoms with Gasteiger partial charge in [0, 0.05) is 5.56 Å². The second kappa shape index (κ2) is 8.18. The van der Waals surface area contributed by atoms with E-state index in [4.69, 9.17) is 9.47 Å². The van der Waals surface area contributed by atoms with E-state index in [9.17, 15) is 4.79 Å². The van der Waals surface area contributed by atoms with E-state index in [1.807, 2.05) is 62.4 Å². The van der Waals surface area contributed by atoms with Gasteiger partial charge in [-0.05, 0) is 36.6 Å². The summed E-state index contributed by atoms with van der Waals surface area (Å²) in [6, 6.07) is 15.6. The number of allylic oxidation sites excluding steroid dienone is 1. The molecular weight excluding hydrogens is 288 g/mol. The van der Waals surface area contributed by atoms with Crippen molar-refractivity contribution in [2.24, 2.45) is 0 Å². The Morgan fingerprint density at radius 3 is 2.65 bits per heavy atom. The van der Waals surface area contributed by atoms with Crippen LogP contribution in [-0.4, -0.2) is 5.97 Å². The summed E-state index contributed by atoms with van der Waals surface area (Å²) in [5, 5.41) is 0. The highest BCUT2D eigenvalue weighted by molar-refractivity contribution is 5.76. The Hall–Kier alpha value is -2.55. The summed E-state index contributed by atoms with van der Waals surface area (Å²) in [6.07, 6.45) is 2.18. The van der Waals surface area contributed by atoms with E-state index in [1.54, 1.807) is 6.08 Å². The monoisotopic (exact) mass is 310 g/mol. The van der Waals surface area contributed by atoms with Gasteiger partial charge in [0.1, 0.15) is 18.1 Å². The number of benzene rings is 2. The Labute approximate surface area is 137 Å². The molecule has 0 aromatic heterocycles. The highest BCUT2D eigenvalue weighted by Crippen LogP contribution is 2.36. The lowest BCUT2D eigenvalue weighted by Crippen LogP contribution is -2.18. The molecule has 0 spiro atoms. The minimum absolute atomic E-state index is 0.164. The zero-order chi connectivity index (χ0) is 16.7. The molecule has 0 amide bonds. The average Bonchev–Trinajstić information content (AvgIpc) is 2.55. The number of hydrogen-bond acceptors (Lipinski definition) is 3. The van der Waals surface area contributed by atoms with Crippen molar-refractivity contribution < 1.29 is 14.3 Å². The van der Waals surface area contributed by atoms with Crippen LogP contribution in [0.25, 0.3) is 0 Å². The molecule has 0 radical (unpaired) electrons. The lowest BCUT2D eigenvalue weighted by Gasteiger charge is -2.22. The van der Waals surface area contributed by atoms with Gasteiger partial charge >= 0.3 is 5.97 Å². The number of fused-ring (bicyclic) bond motifs is 1. The zero-order valence-electron chi connectivity index (χ0n) is 13.6.